The summed E-state index contributed by atoms with van der Waals surface area (Å²) in [6.07, 6.45) is 0.782. The minimum absolute atomic E-state index is 0.0805. The van der Waals surface area contributed by atoms with Gasteiger partial charge in [-0.1, -0.05) is 23.7 Å². The van der Waals surface area contributed by atoms with Crippen LogP contribution in [0.1, 0.15) is 27.1 Å². The molecule has 0 unspecified atom stereocenters. The van der Waals surface area contributed by atoms with Crippen LogP contribution in [-0.2, 0) is 4.79 Å². The smallest absolute Gasteiger partial charge is 0.255 e. The van der Waals surface area contributed by atoms with Crippen LogP contribution in [-0.4, -0.2) is 67.3 Å². The van der Waals surface area contributed by atoms with Crippen molar-refractivity contribution in [2.24, 2.45) is 0 Å². The van der Waals surface area contributed by atoms with Crippen molar-refractivity contribution < 1.29 is 14.4 Å². The van der Waals surface area contributed by atoms with Crippen LogP contribution < -0.4 is 10.6 Å². The minimum Gasteiger partial charge on any atom is -0.355 e. The number of benzene rings is 2. The second kappa shape index (κ2) is 10.2. The third-order valence-electron chi connectivity index (χ3n) is 5.01. The first-order valence-electron chi connectivity index (χ1n) is 9.86. The van der Waals surface area contributed by atoms with Crippen molar-refractivity contribution in [3.05, 3.63) is 64.7 Å². The number of carbonyl (C=O) groups excluding carboxylic acids is 3. The normalized spacial score (nSPS) is 14.7. The van der Waals surface area contributed by atoms with Crippen LogP contribution in [0.2, 0.25) is 5.02 Å². The van der Waals surface area contributed by atoms with E-state index in [2.05, 4.69) is 10.6 Å². The van der Waals surface area contributed by atoms with Crippen LogP contribution in [0.4, 0.5) is 5.69 Å². The molecule has 2 aromatic rings. The Morgan fingerprint density at radius 3 is 2.40 bits per heavy atom. The summed E-state index contributed by atoms with van der Waals surface area (Å²) in [4.78, 5) is 40.6. The molecule has 1 fully saturated rings. The molecule has 1 aliphatic heterocycles. The summed E-state index contributed by atoms with van der Waals surface area (Å²) in [7, 11) is 1.57. The second-order valence-electron chi connectivity index (χ2n) is 7.11. The highest BCUT2D eigenvalue weighted by molar-refractivity contribution is 6.33. The highest BCUT2D eigenvalue weighted by Gasteiger charge is 2.22. The molecule has 3 rings (SSSR count). The number of nitrogens with one attached hydrogen (secondary N) is 2. The summed E-state index contributed by atoms with van der Waals surface area (Å²) in [5, 5.41) is 5.86. The van der Waals surface area contributed by atoms with Gasteiger partial charge in [0, 0.05) is 44.5 Å². The molecule has 1 saturated heterocycles. The first kappa shape index (κ1) is 21.8. The van der Waals surface area contributed by atoms with Gasteiger partial charge in [-0.15, -0.1) is 0 Å². The fourth-order valence-corrected chi connectivity index (χ4v) is 3.61. The van der Waals surface area contributed by atoms with Gasteiger partial charge in [0.25, 0.3) is 11.8 Å². The summed E-state index contributed by atoms with van der Waals surface area (Å²) in [6, 6.07) is 13.8. The zero-order valence-electron chi connectivity index (χ0n) is 16.9. The molecule has 0 bridgehead atoms. The lowest BCUT2D eigenvalue weighted by Gasteiger charge is -2.22. The lowest BCUT2D eigenvalue weighted by molar-refractivity contribution is -0.117. The molecule has 0 radical (unpaired) electrons. The summed E-state index contributed by atoms with van der Waals surface area (Å²) in [5.41, 5.74) is 1.68. The van der Waals surface area contributed by atoms with Crippen LogP contribution in [0, 0.1) is 0 Å². The maximum absolute atomic E-state index is 12.8. The number of hydrogen-bond acceptors (Lipinski definition) is 4. The van der Waals surface area contributed by atoms with Gasteiger partial charge in [0.2, 0.25) is 5.91 Å². The topological polar surface area (TPSA) is 81.8 Å². The van der Waals surface area contributed by atoms with Gasteiger partial charge in [0.15, 0.2) is 0 Å². The van der Waals surface area contributed by atoms with Gasteiger partial charge in [-0.3, -0.25) is 19.3 Å². The highest BCUT2D eigenvalue weighted by Crippen LogP contribution is 2.18. The molecule has 1 heterocycles. The Kier molecular flexibility index (Phi) is 7.43. The van der Waals surface area contributed by atoms with E-state index < -0.39 is 0 Å². The standard InChI is InChI=1S/C22H25ClN4O3/c1-24-21(29)16-7-9-17(10-8-16)25-20(28)15-26-11-4-12-27(14-13-26)22(30)18-5-2-3-6-19(18)23/h2-3,5-10H,4,11-15H2,1H3,(H,24,29)(H,25,28). The van der Waals surface area contributed by atoms with Crippen molar-refractivity contribution in [1.82, 2.24) is 15.1 Å². The average Bonchev–Trinajstić information content (AvgIpc) is 2.99. The SMILES string of the molecule is CNC(=O)c1ccc(NC(=O)CN2CCCN(C(=O)c3ccccc3Cl)CC2)cc1. The van der Waals surface area contributed by atoms with Crippen molar-refractivity contribution in [2.75, 3.05) is 45.1 Å². The summed E-state index contributed by atoms with van der Waals surface area (Å²) >= 11 is 6.16. The van der Waals surface area contributed by atoms with Gasteiger partial charge < -0.3 is 15.5 Å². The number of halogens is 1. The van der Waals surface area contributed by atoms with Crippen LogP contribution in [0.5, 0.6) is 0 Å². The lowest BCUT2D eigenvalue weighted by Crippen LogP contribution is -2.38. The molecule has 0 aliphatic carbocycles. The van der Waals surface area contributed by atoms with Crippen LogP contribution in [0.3, 0.4) is 0 Å². The van der Waals surface area contributed by atoms with Crippen molar-refractivity contribution in [2.45, 2.75) is 6.42 Å². The number of nitrogens with zero attached hydrogens (tertiary/aromatic N) is 2. The molecule has 0 atom stereocenters. The Hall–Kier alpha value is -2.90. The van der Waals surface area contributed by atoms with Crippen molar-refractivity contribution in [3.63, 3.8) is 0 Å². The maximum Gasteiger partial charge on any atom is 0.255 e. The fraction of sp³-hybridized carbons (Fsp3) is 0.318. The Bertz CT molecular complexity index is 917. The Labute approximate surface area is 181 Å². The van der Waals surface area contributed by atoms with E-state index in [-0.39, 0.29) is 24.3 Å². The number of anilines is 1. The number of hydrogen-bond donors (Lipinski definition) is 2. The summed E-state index contributed by atoms with van der Waals surface area (Å²) < 4.78 is 0. The van der Waals surface area contributed by atoms with E-state index in [4.69, 9.17) is 11.6 Å². The van der Waals surface area contributed by atoms with Gasteiger partial charge in [-0.05, 0) is 42.8 Å². The highest BCUT2D eigenvalue weighted by atomic mass is 35.5. The molecule has 158 valence electrons. The Morgan fingerprint density at radius 1 is 0.967 bits per heavy atom. The molecule has 1 aliphatic rings. The van der Waals surface area contributed by atoms with E-state index in [1.54, 1.807) is 60.5 Å². The molecular formula is C22H25ClN4O3. The number of carbonyl (C=O) groups is 3. The molecule has 0 spiro atoms. The fourth-order valence-electron chi connectivity index (χ4n) is 3.39. The van der Waals surface area contributed by atoms with Gasteiger partial charge in [-0.25, -0.2) is 0 Å². The molecule has 0 saturated carbocycles. The zero-order chi connectivity index (χ0) is 21.5. The predicted molar refractivity (Wildman–Crippen MR) is 117 cm³/mol. The van der Waals surface area contributed by atoms with Gasteiger partial charge >= 0.3 is 0 Å². The summed E-state index contributed by atoms with van der Waals surface area (Å²) in [6.45, 7) is 2.75. The van der Waals surface area contributed by atoms with Gasteiger partial charge in [0.05, 0.1) is 17.1 Å². The third-order valence-corrected chi connectivity index (χ3v) is 5.33. The largest absolute Gasteiger partial charge is 0.355 e. The quantitative estimate of drug-likeness (QED) is 0.766. The Morgan fingerprint density at radius 2 is 1.70 bits per heavy atom. The van der Waals surface area contributed by atoms with Crippen LogP contribution >= 0.6 is 11.6 Å². The molecule has 30 heavy (non-hydrogen) atoms. The van der Waals surface area contributed by atoms with Gasteiger partial charge in [0.1, 0.15) is 0 Å². The monoisotopic (exact) mass is 428 g/mol. The summed E-state index contributed by atoms with van der Waals surface area (Å²) in [5.74, 6) is -0.384. The first-order chi connectivity index (χ1) is 14.5. The minimum atomic E-state index is -0.173. The van der Waals surface area contributed by atoms with Crippen LogP contribution in [0.25, 0.3) is 0 Å². The van der Waals surface area contributed by atoms with Crippen molar-refractivity contribution in [3.8, 4) is 0 Å². The number of rotatable bonds is 5. The third kappa shape index (κ3) is 5.58. The second-order valence-corrected chi connectivity index (χ2v) is 7.51. The van der Waals surface area contributed by atoms with E-state index in [0.717, 1.165) is 13.0 Å². The number of amides is 3. The van der Waals surface area contributed by atoms with E-state index in [1.165, 1.54) is 0 Å². The molecule has 7 nitrogen and oxygen atoms in total. The molecule has 0 aromatic heterocycles. The molecule has 2 aromatic carbocycles. The van der Waals surface area contributed by atoms with Crippen LogP contribution in [0.15, 0.2) is 48.5 Å². The zero-order valence-corrected chi connectivity index (χ0v) is 17.6. The maximum atomic E-state index is 12.8. The lowest BCUT2D eigenvalue weighted by atomic mass is 10.2. The van der Waals surface area contributed by atoms with Crippen molar-refractivity contribution >= 4 is 35.0 Å². The first-order valence-corrected chi connectivity index (χ1v) is 10.2. The van der Waals surface area contributed by atoms with E-state index >= 15 is 0 Å². The Balaban J connectivity index is 1.52. The molecule has 2 N–H and O–H groups in total. The van der Waals surface area contributed by atoms with Crippen molar-refractivity contribution in [1.29, 1.82) is 0 Å². The average molecular weight is 429 g/mol. The van der Waals surface area contributed by atoms with E-state index in [0.29, 0.717) is 41.5 Å². The van der Waals surface area contributed by atoms with E-state index in [1.807, 2.05) is 4.90 Å². The van der Waals surface area contributed by atoms with E-state index in [9.17, 15) is 14.4 Å². The molecule has 8 heteroatoms. The predicted octanol–water partition coefficient (Wildman–Crippen LogP) is 2.49. The molecule has 3 amide bonds. The van der Waals surface area contributed by atoms with Gasteiger partial charge in [-0.2, -0.15) is 0 Å². The molecular weight excluding hydrogens is 404 g/mol.